The molecule has 3 aromatic rings. The Morgan fingerprint density at radius 1 is 0.929 bits per heavy atom. The van der Waals surface area contributed by atoms with Crippen LogP contribution in [0.15, 0.2) is 70.7 Å². The fourth-order valence-corrected chi connectivity index (χ4v) is 3.87. The van der Waals surface area contributed by atoms with Gasteiger partial charge in [0.25, 0.3) is 0 Å². The van der Waals surface area contributed by atoms with E-state index >= 15 is 0 Å². The molecule has 0 bridgehead atoms. The highest BCUT2D eigenvalue weighted by atomic mass is 32.2. The van der Waals surface area contributed by atoms with E-state index < -0.39 is 0 Å². The lowest BCUT2D eigenvalue weighted by Crippen LogP contribution is -2.35. The van der Waals surface area contributed by atoms with Crippen LogP contribution in [0.2, 0.25) is 0 Å². The van der Waals surface area contributed by atoms with Crippen molar-refractivity contribution < 1.29 is 0 Å². The van der Waals surface area contributed by atoms with E-state index in [-0.39, 0.29) is 0 Å². The fourth-order valence-electron chi connectivity index (χ4n) is 3.10. The first kappa shape index (κ1) is 18.6. The van der Waals surface area contributed by atoms with Crippen LogP contribution in [0.4, 0.5) is 23.0 Å². The summed E-state index contributed by atoms with van der Waals surface area (Å²) in [6.07, 6.45) is 4.08. The molecule has 1 aromatic heterocycles. The molecule has 1 saturated heterocycles. The molecule has 1 aliphatic rings. The molecule has 0 atom stereocenters. The number of hydrogen-bond donors (Lipinski definition) is 4. The van der Waals surface area contributed by atoms with E-state index in [9.17, 15) is 0 Å². The lowest BCUT2D eigenvalue weighted by molar-refractivity contribution is 0.479. The van der Waals surface area contributed by atoms with Crippen molar-refractivity contribution in [2.45, 2.75) is 28.8 Å². The quantitative estimate of drug-likeness (QED) is 0.371. The number of benzene rings is 2. The molecule has 2 heterocycles. The number of hydrogen-bond acceptors (Lipinski definition) is 7. The lowest BCUT2D eigenvalue weighted by Gasteiger charge is -2.24. The van der Waals surface area contributed by atoms with Crippen molar-refractivity contribution in [2.75, 3.05) is 29.5 Å². The van der Waals surface area contributed by atoms with Gasteiger partial charge in [0.15, 0.2) is 0 Å². The normalized spacial score (nSPS) is 14.6. The standard InChI is InChI=1S/C21H24N6S/c22-15-1-7-19(8-2-15)28-20-11-14-24-21(27-20)26-17-5-3-16(4-6-17)25-18-9-12-23-13-10-18/h1-8,11,14,18,23,25H,9-10,12-13,22H2,(H,24,26,27). The van der Waals surface area contributed by atoms with Crippen LogP contribution in [-0.4, -0.2) is 29.1 Å². The maximum Gasteiger partial charge on any atom is 0.228 e. The molecule has 5 N–H and O–H groups in total. The smallest absolute Gasteiger partial charge is 0.228 e. The summed E-state index contributed by atoms with van der Waals surface area (Å²) in [4.78, 5) is 10.0. The number of piperidine rings is 1. The molecule has 28 heavy (non-hydrogen) atoms. The van der Waals surface area contributed by atoms with Crippen LogP contribution in [0.1, 0.15) is 12.8 Å². The maximum absolute atomic E-state index is 5.74. The summed E-state index contributed by atoms with van der Waals surface area (Å²) in [5.41, 5.74) is 8.61. The summed E-state index contributed by atoms with van der Waals surface area (Å²) in [5, 5.41) is 11.1. The fraction of sp³-hybridized carbons (Fsp3) is 0.238. The van der Waals surface area contributed by atoms with Gasteiger partial charge >= 0.3 is 0 Å². The molecule has 0 saturated carbocycles. The molecule has 0 radical (unpaired) electrons. The van der Waals surface area contributed by atoms with Gasteiger partial charge in [-0.05, 0) is 80.5 Å². The lowest BCUT2D eigenvalue weighted by atomic mass is 10.1. The van der Waals surface area contributed by atoms with E-state index in [1.54, 1.807) is 18.0 Å². The summed E-state index contributed by atoms with van der Waals surface area (Å²) in [6, 6.07) is 18.5. The number of nitrogens with one attached hydrogen (secondary N) is 3. The van der Waals surface area contributed by atoms with Gasteiger partial charge < -0.3 is 21.7 Å². The minimum absolute atomic E-state index is 0.547. The van der Waals surface area contributed by atoms with Gasteiger partial charge in [-0.15, -0.1) is 0 Å². The number of nitrogens with zero attached hydrogens (tertiary/aromatic N) is 2. The zero-order valence-electron chi connectivity index (χ0n) is 15.6. The largest absolute Gasteiger partial charge is 0.399 e. The monoisotopic (exact) mass is 392 g/mol. The molecule has 144 valence electrons. The number of anilines is 4. The van der Waals surface area contributed by atoms with Gasteiger partial charge in [0.1, 0.15) is 5.03 Å². The second-order valence-electron chi connectivity index (χ2n) is 6.76. The Hall–Kier alpha value is -2.77. The number of nitrogens with two attached hydrogens (primary N) is 1. The molecule has 0 aliphatic carbocycles. The maximum atomic E-state index is 5.74. The summed E-state index contributed by atoms with van der Waals surface area (Å²) < 4.78 is 0. The van der Waals surface area contributed by atoms with E-state index in [2.05, 4.69) is 38.1 Å². The minimum atomic E-state index is 0.547. The Morgan fingerprint density at radius 3 is 2.39 bits per heavy atom. The average Bonchev–Trinajstić information content (AvgIpc) is 2.72. The van der Waals surface area contributed by atoms with Gasteiger partial charge in [-0.2, -0.15) is 0 Å². The predicted octanol–water partition coefficient (Wildman–Crippen LogP) is 4.12. The third-order valence-electron chi connectivity index (χ3n) is 4.58. The number of aromatic nitrogens is 2. The van der Waals surface area contributed by atoms with Gasteiger partial charge in [0.05, 0.1) is 0 Å². The topological polar surface area (TPSA) is 87.9 Å². The second-order valence-corrected chi connectivity index (χ2v) is 7.85. The molecule has 7 heteroatoms. The van der Waals surface area contributed by atoms with Crippen molar-refractivity contribution in [3.05, 3.63) is 60.8 Å². The molecule has 0 unspecified atom stereocenters. The van der Waals surface area contributed by atoms with Crippen molar-refractivity contribution >= 4 is 34.8 Å². The first-order valence-corrected chi connectivity index (χ1v) is 10.3. The van der Waals surface area contributed by atoms with Crippen LogP contribution in [-0.2, 0) is 0 Å². The van der Waals surface area contributed by atoms with E-state index in [0.717, 1.165) is 52.9 Å². The van der Waals surface area contributed by atoms with Gasteiger partial charge in [0.2, 0.25) is 5.95 Å². The molecular weight excluding hydrogens is 368 g/mol. The van der Waals surface area contributed by atoms with Crippen molar-refractivity contribution in [1.29, 1.82) is 0 Å². The van der Waals surface area contributed by atoms with Gasteiger partial charge in [0, 0.05) is 34.2 Å². The van der Waals surface area contributed by atoms with Crippen LogP contribution in [0, 0.1) is 0 Å². The predicted molar refractivity (Wildman–Crippen MR) is 116 cm³/mol. The van der Waals surface area contributed by atoms with Gasteiger partial charge in [-0.3, -0.25) is 0 Å². The summed E-state index contributed by atoms with van der Waals surface area (Å²) in [5.74, 6) is 0.583. The number of rotatable bonds is 6. The van der Waals surface area contributed by atoms with Crippen molar-refractivity contribution in [1.82, 2.24) is 15.3 Å². The van der Waals surface area contributed by atoms with E-state index in [4.69, 9.17) is 5.73 Å². The Bertz CT molecular complexity index is 892. The first-order chi connectivity index (χ1) is 13.7. The van der Waals surface area contributed by atoms with E-state index in [1.165, 1.54) is 0 Å². The zero-order valence-corrected chi connectivity index (χ0v) is 16.4. The van der Waals surface area contributed by atoms with Crippen LogP contribution in [0.25, 0.3) is 0 Å². The highest BCUT2D eigenvalue weighted by Crippen LogP contribution is 2.27. The summed E-state index contributed by atoms with van der Waals surface area (Å²) in [7, 11) is 0. The Labute approximate surface area is 169 Å². The van der Waals surface area contributed by atoms with Crippen molar-refractivity contribution in [3.8, 4) is 0 Å². The summed E-state index contributed by atoms with van der Waals surface area (Å²) >= 11 is 1.58. The Kier molecular flexibility index (Phi) is 5.94. The molecular formula is C21H24N6S. The SMILES string of the molecule is Nc1ccc(Sc2ccnc(Nc3ccc(NC4CCNCC4)cc3)n2)cc1. The van der Waals surface area contributed by atoms with Crippen molar-refractivity contribution in [2.24, 2.45) is 0 Å². The molecule has 6 nitrogen and oxygen atoms in total. The van der Waals surface area contributed by atoms with Gasteiger partial charge in [-0.25, -0.2) is 9.97 Å². The highest BCUT2D eigenvalue weighted by Gasteiger charge is 2.12. The Morgan fingerprint density at radius 2 is 1.64 bits per heavy atom. The highest BCUT2D eigenvalue weighted by molar-refractivity contribution is 7.99. The van der Waals surface area contributed by atoms with Gasteiger partial charge in [-0.1, -0.05) is 11.8 Å². The minimum Gasteiger partial charge on any atom is -0.399 e. The first-order valence-electron chi connectivity index (χ1n) is 9.45. The van der Waals surface area contributed by atoms with Crippen LogP contribution in [0.3, 0.4) is 0 Å². The second kappa shape index (κ2) is 8.95. The van der Waals surface area contributed by atoms with Crippen LogP contribution in [0.5, 0.6) is 0 Å². The molecule has 1 aliphatic heterocycles. The summed E-state index contributed by atoms with van der Waals surface area (Å²) in [6.45, 7) is 2.17. The molecule has 4 rings (SSSR count). The Balaban J connectivity index is 1.37. The van der Waals surface area contributed by atoms with E-state index in [0.29, 0.717) is 12.0 Å². The van der Waals surface area contributed by atoms with E-state index in [1.807, 2.05) is 42.5 Å². The van der Waals surface area contributed by atoms with Crippen molar-refractivity contribution in [3.63, 3.8) is 0 Å². The molecule has 1 fully saturated rings. The molecule has 2 aromatic carbocycles. The van der Waals surface area contributed by atoms with Crippen LogP contribution < -0.4 is 21.7 Å². The average molecular weight is 393 g/mol. The third-order valence-corrected chi connectivity index (χ3v) is 5.53. The molecule has 0 spiro atoms. The zero-order chi connectivity index (χ0) is 19.2. The van der Waals surface area contributed by atoms with Crippen LogP contribution >= 0.6 is 11.8 Å². The third kappa shape index (κ3) is 5.15. The molecule has 0 amide bonds. The number of nitrogen functional groups attached to an aromatic ring is 1.